The highest BCUT2D eigenvalue weighted by Crippen LogP contribution is 2.30. The molecule has 1 heterocycles. The summed E-state index contributed by atoms with van der Waals surface area (Å²) in [6.45, 7) is 0. The molecule has 0 saturated carbocycles. The Labute approximate surface area is 161 Å². The molecule has 0 saturated heterocycles. The van der Waals surface area contributed by atoms with Crippen LogP contribution in [-0.4, -0.2) is 30.3 Å². The Kier molecular flexibility index (Phi) is 5.73. The molecule has 3 rings (SSSR count). The van der Waals surface area contributed by atoms with Gasteiger partial charge >= 0.3 is 0 Å². The number of halogens is 1. The number of rotatable bonds is 6. The average molecular weight is 385 g/mol. The molecule has 138 valence electrons. The molecule has 27 heavy (non-hydrogen) atoms. The lowest BCUT2D eigenvalue weighted by Crippen LogP contribution is -2.14. The monoisotopic (exact) mass is 384 g/mol. The zero-order chi connectivity index (χ0) is 19.2. The van der Waals surface area contributed by atoms with Crippen LogP contribution < -0.4 is 20.1 Å². The van der Waals surface area contributed by atoms with Crippen molar-refractivity contribution in [3.05, 3.63) is 65.3 Å². The molecule has 0 atom stereocenters. The van der Waals surface area contributed by atoms with E-state index in [0.29, 0.717) is 28.0 Å². The van der Waals surface area contributed by atoms with Crippen LogP contribution in [0.2, 0.25) is 5.02 Å². The number of anilines is 3. The summed E-state index contributed by atoms with van der Waals surface area (Å²) in [5.74, 6) is 1.33. The molecule has 8 heteroatoms. The van der Waals surface area contributed by atoms with Crippen LogP contribution in [0.1, 0.15) is 10.5 Å². The Morgan fingerprint density at radius 2 is 1.74 bits per heavy atom. The number of carbonyl (C=O) groups is 1. The SMILES string of the molecule is COc1ccc(Nc2ccc(C(=O)Nc3cccc(Cl)c3)nn2)cc1OC. The quantitative estimate of drug-likeness (QED) is 0.664. The van der Waals surface area contributed by atoms with Crippen LogP contribution in [0.25, 0.3) is 0 Å². The normalized spacial score (nSPS) is 10.2. The highest BCUT2D eigenvalue weighted by molar-refractivity contribution is 6.30. The molecule has 0 radical (unpaired) electrons. The third-order valence-electron chi connectivity index (χ3n) is 3.64. The van der Waals surface area contributed by atoms with Gasteiger partial charge in [-0.25, -0.2) is 0 Å². The van der Waals surface area contributed by atoms with Gasteiger partial charge in [-0.1, -0.05) is 17.7 Å². The molecule has 3 aromatic rings. The van der Waals surface area contributed by atoms with Crippen LogP contribution in [0, 0.1) is 0 Å². The van der Waals surface area contributed by atoms with Crippen molar-refractivity contribution in [2.75, 3.05) is 24.9 Å². The molecule has 1 amide bonds. The van der Waals surface area contributed by atoms with E-state index in [2.05, 4.69) is 20.8 Å². The number of hydrogen-bond acceptors (Lipinski definition) is 6. The zero-order valence-electron chi connectivity index (χ0n) is 14.7. The number of hydrogen-bond donors (Lipinski definition) is 2. The predicted octanol–water partition coefficient (Wildman–Crippen LogP) is 4.14. The Balaban J connectivity index is 1.69. The van der Waals surface area contributed by atoms with E-state index in [-0.39, 0.29) is 11.6 Å². The average Bonchev–Trinajstić information content (AvgIpc) is 2.68. The first kappa shape index (κ1) is 18.5. The lowest BCUT2D eigenvalue weighted by molar-refractivity contribution is 0.102. The maximum atomic E-state index is 12.2. The molecule has 7 nitrogen and oxygen atoms in total. The van der Waals surface area contributed by atoms with E-state index in [1.54, 1.807) is 62.8 Å². The van der Waals surface area contributed by atoms with E-state index in [9.17, 15) is 4.79 Å². The summed E-state index contributed by atoms with van der Waals surface area (Å²) < 4.78 is 10.5. The fourth-order valence-electron chi connectivity index (χ4n) is 2.34. The maximum Gasteiger partial charge on any atom is 0.276 e. The number of ether oxygens (including phenoxy) is 2. The molecule has 0 aliphatic carbocycles. The molecule has 0 fully saturated rings. The third kappa shape index (κ3) is 4.65. The highest BCUT2D eigenvalue weighted by atomic mass is 35.5. The predicted molar refractivity (Wildman–Crippen MR) is 104 cm³/mol. The minimum atomic E-state index is -0.373. The van der Waals surface area contributed by atoms with Gasteiger partial charge in [0.2, 0.25) is 0 Å². The number of carbonyl (C=O) groups excluding carboxylic acids is 1. The number of aromatic nitrogens is 2. The summed E-state index contributed by atoms with van der Waals surface area (Å²) in [7, 11) is 3.14. The van der Waals surface area contributed by atoms with Crippen molar-refractivity contribution in [2.24, 2.45) is 0 Å². The van der Waals surface area contributed by atoms with Crippen LogP contribution in [-0.2, 0) is 0 Å². The van der Waals surface area contributed by atoms with Crippen LogP contribution >= 0.6 is 11.6 Å². The lowest BCUT2D eigenvalue weighted by atomic mass is 10.2. The first-order valence-electron chi connectivity index (χ1n) is 7.99. The molecule has 0 aliphatic heterocycles. The summed E-state index contributed by atoms with van der Waals surface area (Å²) in [5, 5.41) is 14.3. The number of nitrogens with one attached hydrogen (secondary N) is 2. The summed E-state index contributed by atoms with van der Waals surface area (Å²) in [6.07, 6.45) is 0. The van der Waals surface area contributed by atoms with Gasteiger partial charge in [0.05, 0.1) is 14.2 Å². The standard InChI is InChI=1S/C19H17ClN4O3/c1-26-16-8-6-14(11-17(16)27-2)21-18-9-7-15(23-24-18)19(25)22-13-5-3-4-12(20)10-13/h3-11H,1-2H3,(H,21,24)(H,22,25). The van der Waals surface area contributed by atoms with Gasteiger partial charge in [-0.3, -0.25) is 4.79 Å². The molecule has 0 aliphatic rings. The van der Waals surface area contributed by atoms with Crippen molar-refractivity contribution in [1.82, 2.24) is 10.2 Å². The van der Waals surface area contributed by atoms with Crippen LogP contribution in [0.3, 0.4) is 0 Å². The van der Waals surface area contributed by atoms with Gasteiger partial charge in [0, 0.05) is 22.5 Å². The second-order valence-corrected chi connectivity index (χ2v) is 5.90. The molecular weight excluding hydrogens is 368 g/mol. The number of amides is 1. The van der Waals surface area contributed by atoms with Gasteiger partial charge < -0.3 is 20.1 Å². The van der Waals surface area contributed by atoms with Crippen molar-refractivity contribution in [1.29, 1.82) is 0 Å². The van der Waals surface area contributed by atoms with E-state index in [1.165, 1.54) is 0 Å². The zero-order valence-corrected chi connectivity index (χ0v) is 15.4. The van der Waals surface area contributed by atoms with Crippen molar-refractivity contribution >= 4 is 34.7 Å². The second-order valence-electron chi connectivity index (χ2n) is 5.46. The lowest BCUT2D eigenvalue weighted by Gasteiger charge is -2.11. The Hall–Kier alpha value is -3.32. The van der Waals surface area contributed by atoms with Gasteiger partial charge in [0.25, 0.3) is 5.91 Å². The van der Waals surface area contributed by atoms with Gasteiger partial charge in [-0.05, 0) is 42.5 Å². The fraction of sp³-hybridized carbons (Fsp3) is 0.105. The van der Waals surface area contributed by atoms with Crippen LogP contribution in [0.4, 0.5) is 17.2 Å². The van der Waals surface area contributed by atoms with Crippen LogP contribution in [0.15, 0.2) is 54.6 Å². The van der Waals surface area contributed by atoms with Gasteiger partial charge in [-0.2, -0.15) is 0 Å². The molecule has 1 aromatic heterocycles. The third-order valence-corrected chi connectivity index (χ3v) is 3.87. The summed E-state index contributed by atoms with van der Waals surface area (Å²) in [5.41, 5.74) is 1.52. The minimum Gasteiger partial charge on any atom is -0.493 e. The molecule has 2 N–H and O–H groups in total. The summed E-state index contributed by atoms with van der Waals surface area (Å²) in [4.78, 5) is 12.2. The molecule has 0 bridgehead atoms. The molecular formula is C19H17ClN4O3. The largest absolute Gasteiger partial charge is 0.493 e. The topological polar surface area (TPSA) is 85.4 Å². The number of methoxy groups -OCH3 is 2. The van der Waals surface area contributed by atoms with E-state index in [1.807, 2.05) is 6.07 Å². The molecule has 0 spiro atoms. The Morgan fingerprint density at radius 1 is 0.926 bits per heavy atom. The fourth-order valence-corrected chi connectivity index (χ4v) is 2.53. The van der Waals surface area contributed by atoms with Crippen molar-refractivity contribution < 1.29 is 14.3 Å². The first-order chi connectivity index (χ1) is 13.1. The number of benzene rings is 2. The molecule has 0 unspecified atom stereocenters. The molecule has 2 aromatic carbocycles. The highest BCUT2D eigenvalue weighted by Gasteiger charge is 2.10. The van der Waals surface area contributed by atoms with Crippen molar-refractivity contribution in [3.63, 3.8) is 0 Å². The first-order valence-corrected chi connectivity index (χ1v) is 8.36. The van der Waals surface area contributed by atoms with E-state index < -0.39 is 0 Å². The minimum absolute atomic E-state index is 0.188. The maximum absolute atomic E-state index is 12.2. The van der Waals surface area contributed by atoms with Crippen molar-refractivity contribution in [2.45, 2.75) is 0 Å². The van der Waals surface area contributed by atoms with Gasteiger partial charge in [0.15, 0.2) is 23.0 Å². The Morgan fingerprint density at radius 3 is 2.41 bits per heavy atom. The number of nitrogens with zero attached hydrogens (tertiary/aromatic N) is 2. The van der Waals surface area contributed by atoms with E-state index in [4.69, 9.17) is 21.1 Å². The summed E-state index contributed by atoms with van der Waals surface area (Å²) >= 11 is 5.91. The Bertz CT molecular complexity index is 948. The van der Waals surface area contributed by atoms with Gasteiger partial charge in [-0.15, -0.1) is 10.2 Å². The summed E-state index contributed by atoms with van der Waals surface area (Å²) in [6, 6.07) is 15.5. The van der Waals surface area contributed by atoms with Crippen molar-refractivity contribution in [3.8, 4) is 11.5 Å². The van der Waals surface area contributed by atoms with Crippen LogP contribution in [0.5, 0.6) is 11.5 Å². The smallest absolute Gasteiger partial charge is 0.276 e. The van der Waals surface area contributed by atoms with E-state index >= 15 is 0 Å². The van der Waals surface area contributed by atoms with E-state index in [0.717, 1.165) is 5.69 Å². The van der Waals surface area contributed by atoms with Gasteiger partial charge in [0.1, 0.15) is 0 Å². The second kappa shape index (κ2) is 8.37.